The predicted molar refractivity (Wildman–Crippen MR) is 83.2 cm³/mol. The Morgan fingerprint density at radius 3 is 2.62 bits per heavy atom. The Balaban J connectivity index is 2.13. The van der Waals surface area contributed by atoms with E-state index in [9.17, 15) is 9.18 Å². The first-order chi connectivity index (χ1) is 9.97. The SMILES string of the molecule is Cc1ccc2c(C)c(C(=O)c3ccc(F)c(Br)c3)oc2c1. The molecule has 2 aromatic carbocycles. The summed E-state index contributed by atoms with van der Waals surface area (Å²) in [4.78, 5) is 12.5. The van der Waals surface area contributed by atoms with Crippen LogP contribution in [0.15, 0.2) is 45.3 Å². The van der Waals surface area contributed by atoms with Gasteiger partial charge in [-0.15, -0.1) is 0 Å². The van der Waals surface area contributed by atoms with Crippen LogP contribution in [0.4, 0.5) is 4.39 Å². The van der Waals surface area contributed by atoms with Gasteiger partial charge in [-0.3, -0.25) is 4.79 Å². The summed E-state index contributed by atoms with van der Waals surface area (Å²) in [6.07, 6.45) is 0. The molecule has 106 valence electrons. The lowest BCUT2D eigenvalue weighted by Gasteiger charge is -2.01. The fourth-order valence-electron chi connectivity index (χ4n) is 2.32. The van der Waals surface area contributed by atoms with E-state index >= 15 is 0 Å². The number of ketones is 1. The zero-order valence-electron chi connectivity index (χ0n) is 11.5. The van der Waals surface area contributed by atoms with Gasteiger partial charge in [0.25, 0.3) is 0 Å². The van der Waals surface area contributed by atoms with Gasteiger partial charge in [0.2, 0.25) is 5.78 Å². The lowest BCUT2D eigenvalue weighted by Crippen LogP contribution is -2.02. The highest BCUT2D eigenvalue weighted by atomic mass is 79.9. The van der Waals surface area contributed by atoms with Gasteiger partial charge >= 0.3 is 0 Å². The van der Waals surface area contributed by atoms with Crippen molar-refractivity contribution in [2.75, 3.05) is 0 Å². The minimum absolute atomic E-state index is 0.248. The van der Waals surface area contributed by atoms with Crippen LogP contribution in [0.5, 0.6) is 0 Å². The molecule has 0 aliphatic carbocycles. The first kappa shape index (κ1) is 14.0. The lowest BCUT2D eigenvalue weighted by atomic mass is 10.0. The molecule has 0 bridgehead atoms. The number of fused-ring (bicyclic) bond motifs is 1. The Kier molecular flexibility index (Phi) is 3.41. The smallest absolute Gasteiger partial charge is 0.228 e. The topological polar surface area (TPSA) is 30.2 Å². The molecule has 0 atom stereocenters. The molecule has 2 nitrogen and oxygen atoms in total. The molecule has 0 radical (unpaired) electrons. The van der Waals surface area contributed by atoms with Crippen molar-refractivity contribution in [2.24, 2.45) is 0 Å². The van der Waals surface area contributed by atoms with Crippen molar-refractivity contribution in [3.8, 4) is 0 Å². The molecule has 0 saturated carbocycles. The number of benzene rings is 2. The summed E-state index contributed by atoms with van der Waals surface area (Å²) in [5.41, 5.74) is 2.95. The highest BCUT2D eigenvalue weighted by Crippen LogP contribution is 2.28. The van der Waals surface area contributed by atoms with Gasteiger partial charge in [0.15, 0.2) is 5.76 Å². The molecule has 3 rings (SSSR count). The van der Waals surface area contributed by atoms with Crippen LogP contribution in [0.2, 0.25) is 0 Å². The fraction of sp³-hybridized carbons (Fsp3) is 0.118. The maximum atomic E-state index is 13.3. The van der Waals surface area contributed by atoms with E-state index in [1.165, 1.54) is 18.2 Å². The molecular formula is C17H12BrFO2. The predicted octanol–water partition coefficient (Wildman–Crippen LogP) is 5.18. The zero-order chi connectivity index (χ0) is 15.1. The molecule has 0 spiro atoms. The third-order valence-electron chi connectivity index (χ3n) is 3.48. The molecule has 21 heavy (non-hydrogen) atoms. The molecular weight excluding hydrogens is 335 g/mol. The maximum absolute atomic E-state index is 13.3. The van der Waals surface area contributed by atoms with Crippen LogP contribution in [0.1, 0.15) is 27.2 Å². The van der Waals surface area contributed by atoms with Crippen molar-refractivity contribution in [3.63, 3.8) is 0 Å². The normalized spacial score (nSPS) is 11.0. The Morgan fingerprint density at radius 1 is 1.14 bits per heavy atom. The lowest BCUT2D eigenvalue weighted by molar-refractivity contribution is 0.101. The van der Waals surface area contributed by atoms with Crippen molar-refractivity contribution in [3.05, 3.63) is 69.1 Å². The number of carbonyl (C=O) groups excluding carboxylic acids is 1. The Bertz CT molecular complexity index is 865. The van der Waals surface area contributed by atoms with Gasteiger partial charge in [0, 0.05) is 16.5 Å². The number of carbonyl (C=O) groups is 1. The second-order valence-corrected chi connectivity index (χ2v) is 5.87. The van der Waals surface area contributed by atoms with Crippen LogP contribution in [0.25, 0.3) is 11.0 Å². The molecule has 3 aromatic rings. The first-order valence-corrected chi connectivity index (χ1v) is 7.26. The summed E-state index contributed by atoms with van der Waals surface area (Å²) < 4.78 is 19.2. The van der Waals surface area contributed by atoms with Gasteiger partial charge in [0.1, 0.15) is 11.4 Å². The van der Waals surface area contributed by atoms with E-state index in [0.717, 1.165) is 16.5 Å². The minimum atomic E-state index is -0.400. The molecule has 4 heteroatoms. The molecule has 0 unspecified atom stereocenters. The third-order valence-corrected chi connectivity index (χ3v) is 4.09. The number of hydrogen-bond donors (Lipinski definition) is 0. The van der Waals surface area contributed by atoms with Crippen molar-refractivity contribution < 1.29 is 13.6 Å². The molecule has 1 aromatic heterocycles. The summed E-state index contributed by atoms with van der Waals surface area (Å²) in [5.74, 6) is -0.348. The second-order valence-electron chi connectivity index (χ2n) is 5.01. The van der Waals surface area contributed by atoms with Gasteiger partial charge in [0.05, 0.1) is 4.47 Å². The number of hydrogen-bond acceptors (Lipinski definition) is 2. The maximum Gasteiger partial charge on any atom is 0.228 e. The summed E-state index contributed by atoms with van der Waals surface area (Å²) >= 11 is 3.09. The average molecular weight is 347 g/mol. The van der Waals surface area contributed by atoms with E-state index in [0.29, 0.717) is 16.9 Å². The monoisotopic (exact) mass is 346 g/mol. The number of rotatable bonds is 2. The van der Waals surface area contributed by atoms with Gasteiger partial charge in [-0.05, 0) is 59.6 Å². The zero-order valence-corrected chi connectivity index (χ0v) is 13.1. The van der Waals surface area contributed by atoms with E-state index in [-0.39, 0.29) is 10.3 Å². The Morgan fingerprint density at radius 2 is 1.90 bits per heavy atom. The van der Waals surface area contributed by atoms with Crippen molar-refractivity contribution in [2.45, 2.75) is 13.8 Å². The van der Waals surface area contributed by atoms with Crippen LogP contribution in [-0.4, -0.2) is 5.78 Å². The summed E-state index contributed by atoms with van der Waals surface area (Å²) in [6, 6.07) is 10.0. The largest absolute Gasteiger partial charge is 0.452 e. The molecule has 0 aliphatic heterocycles. The van der Waals surface area contributed by atoms with Gasteiger partial charge in [-0.2, -0.15) is 0 Å². The van der Waals surface area contributed by atoms with Crippen LogP contribution < -0.4 is 0 Å². The molecule has 1 heterocycles. The van der Waals surface area contributed by atoms with Crippen molar-refractivity contribution in [1.82, 2.24) is 0 Å². The quantitative estimate of drug-likeness (QED) is 0.598. The first-order valence-electron chi connectivity index (χ1n) is 6.47. The Hall–Kier alpha value is -1.94. The molecule has 0 aliphatic rings. The van der Waals surface area contributed by atoms with Crippen LogP contribution >= 0.6 is 15.9 Å². The number of halogens is 2. The average Bonchev–Trinajstić information content (AvgIpc) is 2.77. The van der Waals surface area contributed by atoms with E-state index in [2.05, 4.69) is 15.9 Å². The molecule has 0 saturated heterocycles. The number of furan rings is 1. The Labute approximate surface area is 129 Å². The van der Waals surface area contributed by atoms with Crippen molar-refractivity contribution >= 4 is 32.7 Å². The summed E-state index contributed by atoms with van der Waals surface area (Å²) in [6.45, 7) is 3.82. The van der Waals surface area contributed by atoms with E-state index < -0.39 is 5.82 Å². The van der Waals surface area contributed by atoms with Gasteiger partial charge in [-0.1, -0.05) is 12.1 Å². The fourth-order valence-corrected chi connectivity index (χ4v) is 2.70. The van der Waals surface area contributed by atoms with E-state index in [1.54, 1.807) is 0 Å². The highest BCUT2D eigenvalue weighted by Gasteiger charge is 2.20. The van der Waals surface area contributed by atoms with Crippen LogP contribution in [0, 0.1) is 19.7 Å². The van der Waals surface area contributed by atoms with Gasteiger partial charge < -0.3 is 4.42 Å². The van der Waals surface area contributed by atoms with Crippen LogP contribution in [0.3, 0.4) is 0 Å². The van der Waals surface area contributed by atoms with Crippen LogP contribution in [-0.2, 0) is 0 Å². The van der Waals surface area contributed by atoms with E-state index in [4.69, 9.17) is 4.42 Å². The summed E-state index contributed by atoms with van der Waals surface area (Å²) in [7, 11) is 0. The van der Waals surface area contributed by atoms with Crippen molar-refractivity contribution in [1.29, 1.82) is 0 Å². The summed E-state index contributed by atoms with van der Waals surface area (Å²) in [5, 5.41) is 0.921. The standard InChI is InChI=1S/C17H12BrFO2/c1-9-3-5-12-10(2)17(21-15(12)7-9)16(20)11-4-6-14(19)13(18)8-11/h3-8H,1-2H3. The molecule has 0 N–H and O–H groups in total. The molecule has 0 fully saturated rings. The number of aryl methyl sites for hydroxylation is 2. The van der Waals surface area contributed by atoms with E-state index in [1.807, 2.05) is 32.0 Å². The highest BCUT2D eigenvalue weighted by molar-refractivity contribution is 9.10. The van der Waals surface area contributed by atoms with Gasteiger partial charge in [-0.25, -0.2) is 4.39 Å². The second kappa shape index (κ2) is 5.11. The third kappa shape index (κ3) is 2.40. The molecule has 0 amide bonds. The minimum Gasteiger partial charge on any atom is -0.452 e.